The average Bonchev–Trinajstić information content (AvgIpc) is 2.28. The van der Waals surface area contributed by atoms with Gasteiger partial charge in [-0.3, -0.25) is 4.79 Å². The van der Waals surface area contributed by atoms with E-state index in [0.717, 1.165) is 23.3 Å². The number of carbonyl (C=O) groups is 1. The van der Waals surface area contributed by atoms with E-state index >= 15 is 0 Å². The SMILES string of the molecule is COc1ccc(C)cc1CCNC(=O)C=C(C)C. The summed E-state index contributed by atoms with van der Waals surface area (Å²) in [7, 11) is 1.66. The van der Waals surface area contributed by atoms with E-state index in [4.69, 9.17) is 4.74 Å². The zero-order chi connectivity index (χ0) is 13.5. The summed E-state index contributed by atoms with van der Waals surface area (Å²) < 4.78 is 5.30. The number of carbonyl (C=O) groups excluding carboxylic acids is 1. The van der Waals surface area contributed by atoms with Crippen molar-refractivity contribution in [1.82, 2.24) is 5.32 Å². The van der Waals surface area contributed by atoms with Gasteiger partial charge in [-0.05, 0) is 38.8 Å². The molecule has 0 unspecified atom stereocenters. The summed E-state index contributed by atoms with van der Waals surface area (Å²) in [6.45, 7) is 6.47. The van der Waals surface area contributed by atoms with Gasteiger partial charge in [0, 0.05) is 12.6 Å². The molecule has 0 bridgehead atoms. The molecular formula is C15H21NO2. The first-order valence-corrected chi connectivity index (χ1v) is 6.09. The van der Waals surface area contributed by atoms with Gasteiger partial charge in [-0.25, -0.2) is 0 Å². The van der Waals surface area contributed by atoms with Crippen LogP contribution in [-0.2, 0) is 11.2 Å². The van der Waals surface area contributed by atoms with Crippen LogP contribution in [0.3, 0.4) is 0 Å². The molecule has 0 atom stereocenters. The molecule has 0 saturated heterocycles. The zero-order valence-electron chi connectivity index (χ0n) is 11.5. The molecule has 0 fully saturated rings. The highest BCUT2D eigenvalue weighted by atomic mass is 16.5. The second-order valence-electron chi connectivity index (χ2n) is 4.58. The van der Waals surface area contributed by atoms with E-state index in [1.54, 1.807) is 13.2 Å². The Labute approximate surface area is 109 Å². The van der Waals surface area contributed by atoms with Crippen LogP contribution in [0.15, 0.2) is 29.8 Å². The van der Waals surface area contributed by atoms with E-state index in [2.05, 4.69) is 11.4 Å². The number of methoxy groups -OCH3 is 1. The molecule has 1 amide bonds. The Hall–Kier alpha value is -1.77. The van der Waals surface area contributed by atoms with Crippen molar-refractivity contribution in [3.05, 3.63) is 41.0 Å². The van der Waals surface area contributed by atoms with Crippen molar-refractivity contribution in [2.45, 2.75) is 27.2 Å². The molecule has 1 rings (SSSR count). The number of ether oxygens (including phenoxy) is 1. The molecule has 0 aliphatic rings. The number of nitrogens with one attached hydrogen (secondary N) is 1. The summed E-state index contributed by atoms with van der Waals surface area (Å²) in [5.74, 6) is 0.832. The van der Waals surface area contributed by atoms with Gasteiger partial charge in [-0.15, -0.1) is 0 Å². The fourth-order valence-electron chi connectivity index (χ4n) is 1.74. The van der Waals surface area contributed by atoms with E-state index in [9.17, 15) is 4.79 Å². The third-order valence-corrected chi connectivity index (χ3v) is 2.55. The minimum absolute atomic E-state index is 0.0402. The van der Waals surface area contributed by atoms with Crippen molar-refractivity contribution in [2.75, 3.05) is 13.7 Å². The van der Waals surface area contributed by atoms with Gasteiger partial charge in [0.25, 0.3) is 0 Å². The molecule has 3 heteroatoms. The predicted molar refractivity (Wildman–Crippen MR) is 73.9 cm³/mol. The quantitative estimate of drug-likeness (QED) is 0.812. The Morgan fingerprint density at radius 3 is 2.72 bits per heavy atom. The fourth-order valence-corrected chi connectivity index (χ4v) is 1.74. The van der Waals surface area contributed by atoms with Gasteiger partial charge in [-0.1, -0.05) is 23.3 Å². The van der Waals surface area contributed by atoms with Crippen molar-refractivity contribution in [3.8, 4) is 5.75 Å². The predicted octanol–water partition coefficient (Wildman–Crippen LogP) is 2.63. The molecule has 0 spiro atoms. The second-order valence-corrected chi connectivity index (χ2v) is 4.58. The molecule has 0 radical (unpaired) electrons. The zero-order valence-corrected chi connectivity index (χ0v) is 11.5. The van der Waals surface area contributed by atoms with Crippen LogP contribution in [0.2, 0.25) is 0 Å². The van der Waals surface area contributed by atoms with Crippen LogP contribution in [0.5, 0.6) is 5.75 Å². The smallest absolute Gasteiger partial charge is 0.243 e. The lowest BCUT2D eigenvalue weighted by atomic mass is 10.1. The van der Waals surface area contributed by atoms with Gasteiger partial charge in [0.15, 0.2) is 0 Å². The third kappa shape index (κ3) is 4.62. The van der Waals surface area contributed by atoms with Crippen LogP contribution in [0, 0.1) is 6.92 Å². The van der Waals surface area contributed by atoms with Crippen LogP contribution >= 0.6 is 0 Å². The van der Waals surface area contributed by atoms with Gasteiger partial charge >= 0.3 is 0 Å². The Morgan fingerprint density at radius 1 is 1.39 bits per heavy atom. The normalized spacial score (nSPS) is 9.78. The maximum Gasteiger partial charge on any atom is 0.243 e. The van der Waals surface area contributed by atoms with Gasteiger partial charge in [0.05, 0.1) is 7.11 Å². The maximum absolute atomic E-state index is 11.4. The average molecular weight is 247 g/mol. The molecule has 3 nitrogen and oxygen atoms in total. The largest absolute Gasteiger partial charge is 0.496 e. The molecule has 18 heavy (non-hydrogen) atoms. The Kier molecular flexibility index (Phi) is 5.43. The number of amides is 1. The topological polar surface area (TPSA) is 38.3 Å². The minimum atomic E-state index is -0.0402. The first-order valence-electron chi connectivity index (χ1n) is 6.09. The minimum Gasteiger partial charge on any atom is -0.496 e. The number of benzene rings is 1. The van der Waals surface area contributed by atoms with Crippen molar-refractivity contribution < 1.29 is 9.53 Å². The van der Waals surface area contributed by atoms with E-state index in [1.807, 2.05) is 32.9 Å². The molecular weight excluding hydrogens is 226 g/mol. The van der Waals surface area contributed by atoms with Crippen molar-refractivity contribution in [1.29, 1.82) is 0 Å². The summed E-state index contributed by atoms with van der Waals surface area (Å²) >= 11 is 0. The molecule has 0 saturated carbocycles. The summed E-state index contributed by atoms with van der Waals surface area (Å²) in [5, 5.41) is 2.86. The number of hydrogen-bond acceptors (Lipinski definition) is 2. The number of aryl methyl sites for hydroxylation is 1. The summed E-state index contributed by atoms with van der Waals surface area (Å²) in [4.78, 5) is 11.4. The van der Waals surface area contributed by atoms with Crippen molar-refractivity contribution >= 4 is 5.91 Å². The first kappa shape index (κ1) is 14.3. The maximum atomic E-state index is 11.4. The van der Waals surface area contributed by atoms with Crippen molar-refractivity contribution in [2.24, 2.45) is 0 Å². The number of allylic oxidation sites excluding steroid dienone is 1. The highest BCUT2D eigenvalue weighted by Crippen LogP contribution is 2.19. The van der Waals surface area contributed by atoms with E-state index in [0.29, 0.717) is 6.54 Å². The van der Waals surface area contributed by atoms with Crippen LogP contribution in [0.1, 0.15) is 25.0 Å². The number of rotatable bonds is 5. The molecule has 1 aromatic rings. The van der Waals surface area contributed by atoms with Crippen LogP contribution in [0.4, 0.5) is 0 Å². The molecule has 98 valence electrons. The molecule has 1 aromatic carbocycles. The molecule has 1 N–H and O–H groups in total. The van der Waals surface area contributed by atoms with Crippen LogP contribution in [-0.4, -0.2) is 19.6 Å². The van der Waals surface area contributed by atoms with Crippen LogP contribution in [0.25, 0.3) is 0 Å². The monoisotopic (exact) mass is 247 g/mol. The molecule has 0 aromatic heterocycles. The van der Waals surface area contributed by atoms with Gasteiger partial charge in [-0.2, -0.15) is 0 Å². The fraction of sp³-hybridized carbons (Fsp3) is 0.400. The Morgan fingerprint density at radius 2 is 2.11 bits per heavy atom. The van der Waals surface area contributed by atoms with Gasteiger partial charge in [0.1, 0.15) is 5.75 Å². The highest BCUT2D eigenvalue weighted by molar-refractivity contribution is 5.87. The van der Waals surface area contributed by atoms with Crippen molar-refractivity contribution in [3.63, 3.8) is 0 Å². The summed E-state index contributed by atoms with van der Waals surface area (Å²) in [6, 6.07) is 6.07. The lowest BCUT2D eigenvalue weighted by molar-refractivity contribution is -0.116. The standard InChI is InChI=1S/C15H21NO2/c1-11(2)9-15(17)16-8-7-13-10-12(3)5-6-14(13)18-4/h5-6,9-10H,7-8H2,1-4H3,(H,16,17). The Balaban J connectivity index is 2.56. The third-order valence-electron chi connectivity index (χ3n) is 2.55. The molecule has 0 heterocycles. The van der Waals surface area contributed by atoms with Crippen LogP contribution < -0.4 is 10.1 Å². The van der Waals surface area contributed by atoms with E-state index in [1.165, 1.54) is 5.56 Å². The van der Waals surface area contributed by atoms with E-state index < -0.39 is 0 Å². The first-order chi connectivity index (χ1) is 8.52. The lowest BCUT2D eigenvalue weighted by Gasteiger charge is -2.09. The lowest BCUT2D eigenvalue weighted by Crippen LogP contribution is -2.24. The Bertz CT molecular complexity index is 446. The second kappa shape index (κ2) is 6.84. The number of hydrogen-bond donors (Lipinski definition) is 1. The van der Waals surface area contributed by atoms with Gasteiger partial charge in [0.2, 0.25) is 5.91 Å². The highest BCUT2D eigenvalue weighted by Gasteiger charge is 2.03. The van der Waals surface area contributed by atoms with Gasteiger partial charge < -0.3 is 10.1 Å². The summed E-state index contributed by atoms with van der Waals surface area (Å²) in [6.07, 6.45) is 2.38. The molecule has 0 aliphatic heterocycles. The van der Waals surface area contributed by atoms with E-state index in [-0.39, 0.29) is 5.91 Å². The summed E-state index contributed by atoms with van der Waals surface area (Å²) in [5.41, 5.74) is 3.32. The molecule has 0 aliphatic carbocycles.